The Morgan fingerprint density at radius 3 is 3.00 bits per heavy atom. The van der Waals surface area contributed by atoms with Crippen LogP contribution in [0.15, 0.2) is 29.4 Å². The third kappa shape index (κ3) is 4.31. The zero-order chi connectivity index (χ0) is 11.6. The zero-order valence-electron chi connectivity index (χ0n) is 9.52. The van der Waals surface area contributed by atoms with Crippen LogP contribution in [0, 0.1) is 0 Å². The first-order valence-corrected chi connectivity index (χ1v) is 5.47. The van der Waals surface area contributed by atoms with Crippen molar-refractivity contribution in [3.8, 4) is 5.75 Å². The van der Waals surface area contributed by atoms with E-state index in [4.69, 9.17) is 9.84 Å². The first-order chi connectivity index (χ1) is 7.88. The van der Waals surface area contributed by atoms with Gasteiger partial charge in [-0.3, -0.25) is 0 Å². The number of nitrogens with zero attached hydrogens (tertiary/aromatic N) is 1. The van der Waals surface area contributed by atoms with E-state index in [0.717, 1.165) is 17.7 Å². The maximum Gasteiger partial charge on any atom is 0.128 e. The number of nitrogens with one attached hydrogen (secondary N) is 1. The third-order valence-corrected chi connectivity index (χ3v) is 1.90. The molecule has 0 saturated carbocycles. The molecule has 0 aliphatic rings. The summed E-state index contributed by atoms with van der Waals surface area (Å²) in [6.45, 7) is 3.30. The molecule has 0 saturated heterocycles. The molecule has 1 aromatic carbocycles. The summed E-state index contributed by atoms with van der Waals surface area (Å²) >= 11 is 0. The molecule has 0 aromatic heterocycles. The van der Waals surface area contributed by atoms with E-state index < -0.39 is 0 Å². The summed E-state index contributed by atoms with van der Waals surface area (Å²) in [6.07, 6.45) is 2.68. The largest absolute Gasteiger partial charge is 0.493 e. The normalized spacial score (nSPS) is 10.6. The highest BCUT2D eigenvalue weighted by atomic mass is 16.5. The summed E-state index contributed by atoms with van der Waals surface area (Å²) in [7, 11) is 0. The van der Waals surface area contributed by atoms with Gasteiger partial charge in [0.05, 0.1) is 26.0 Å². The lowest BCUT2D eigenvalue weighted by Gasteiger charge is -2.07. The highest BCUT2D eigenvalue weighted by Crippen LogP contribution is 2.15. The minimum Gasteiger partial charge on any atom is -0.493 e. The van der Waals surface area contributed by atoms with E-state index in [1.54, 1.807) is 6.21 Å². The Labute approximate surface area is 95.9 Å². The molecule has 0 aliphatic carbocycles. The first-order valence-electron chi connectivity index (χ1n) is 5.47. The summed E-state index contributed by atoms with van der Waals surface area (Å²) in [4.78, 5) is 0. The average Bonchev–Trinajstić information content (AvgIpc) is 2.33. The Morgan fingerprint density at radius 1 is 1.44 bits per heavy atom. The van der Waals surface area contributed by atoms with Crippen molar-refractivity contribution in [1.82, 2.24) is 5.43 Å². The van der Waals surface area contributed by atoms with Crippen LogP contribution in [0.25, 0.3) is 0 Å². The van der Waals surface area contributed by atoms with Crippen LogP contribution < -0.4 is 10.2 Å². The second kappa shape index (κ2) is 7.70. The van der Waals surface area contributed by atoms with Crippen molar-refractivity contribution >= 4 is 6.21 Å². The SMILES string of the molecule is CCCOc1ccccc1C=NNCCO. The van der Waals surface area contributed by atoms with Crippen molar-refractivity contribution in [2.75, 3.05) is 19.8 Å². The van der Waals surface area contributed by atoms with E-state index in [9.17, 15) is 0 Å². The minimum absolute atomic E-state index is 0.0747. The van der Waals surface area contributed by atoms with Crippen LogP contribution in [0.3, 0.4) is 0 Å². The van der Waals surface area contributed by atoms with E-state index in [1.807, 2.05) is 24.3 Å². The summed E-state index contributed by atoms with van der Waals surface area (Å²) < 4.78 is 5.57. The van der Waals surface area contributed by atoms with Crippen LogP contribution in [0.5, 0.6) is 5.75 Å². The standard InChI is InChI=1S/C12H18N2O2/c1-2-9-16-12-6-4-3-5-11(12)10-14-13-7-8-15/h3-6,10,13,15H,2,7-9H2,1H3. The number of rotatable bonds is 7. The number of ether oxygens (including phenoxy) is 1. The fraction of sp³-hybridized carbons (Fsp3) is 0.417. The van der Waals surface area contributed by atoms with Crippen molar-refractivity contribution in [3.63, 3.8) is 0 Å². The van der Waals surface area contributed by atoms with Gasteiger partial charge in [-0.25, -0.2) is 0 Å². The van der Waals surface area contributed by atoms with E-state index in [0.29, 0.717) is 13.2 Å². The second-order valence-corrected chi connectivity index (χ2v) is 3.28. The number of benzene rings is 1. The predicted molar refractivity (Wildman–Crippen MR) is 64.9 cm³/mol. The fourth-order valence-corrected chi connectivity index (χ4v) is 1.16. The van der Waals surface area contributed by atoms with Crippen LogP contribution in [-0.2, 0) is 0 Å². The lowest BCUT2D eigenvalue weighted by atomic mass is 10.2. The maximum absolute atomic E-state index is 8.57. The second-order valence-electron chi connectivity index (χ2n) is 3.28. The van der Waals surface area contributed by atoms with Gasteiger partial charge in [-0.05, 0) is 18.6 Å². The molecule has 0 bridgehead atoms. The molecule has 0 fully saturated rings. The molecule has 16 heavy (non-hydrogen) atoms. The summed E-state index contributed by atoms with van der Waals surface area (Å²) in [5, 5.41) is 12.6. The number of aliphatic hydroxyl groups is 1. The Balaban J connectivity index is 2.59. The van der Waals surface area contributed by atoms with Gasteiger partial charge in [0.1, 0.15) is 5.75 Å². The number of aliphatic hydroxyl groups excluding tert-OH is 1. The number of hydrogen-bond acceptors (Lipinski definition) is 4. The molecular formula is C12H18N2O2. The lowest BCUT2D eigenvalue weighted by molar-refractivity contribution is 0.293. The van der Waals surface area contributed by atoms with Crippen LogP contribution in [-0.4, -0.2) is 31.1 Å². The highest BCUT2D eigenvalue weighted by molar-refractivity contribution is 5.83. The van der Waals surface area contributed by atoms with Gasteiger partial charge in [0.2, 0.25) is 0 Å². The molecule has 0 radical (unpaired) electrons. The van der Waals surface area contributed by atoms with Crippen LogP contribution in [0.2, 0.25) is 0 Å². The van der Waals surface area contributed by atoms with Gasteiger partial charge in [-0.2, -0.15) is 5.10 Å². The molecule has 0 aliphatic heterocycles. The summed E-state index contributed by atoms with van der Waals surface area (Å²) in [5.74, 6) is 0.832. The first kappa shape index (κ1) is 12.5. The molecule has 0 amide bonds. The molecule has 4 nitrogen and oxygen atoms in total. The number of para-hydroxylation sites is 1. The van der Waals surface area contributed by atoms with E-state index in [-0.39, 0.29) is 6.61 Å². The monoisotopic (exact) mass is 222 g/mol. The van der Waals surface area contributed by atoms with Gasteiger partial charge in [-0.15, -0.1) is 0 Å². The quantitative estimate of drug-likeness (QED) is 0.416. The number of hydrazone groups is 1. The van der Waals surface area contributed by atoms with Gasteiger partial charge in [-0.1, -0.05) is 19.1 Å². The van der Waals surface area contributed by atoms with Gasteiger partial charge in [0, 0.05) is 5.56 Å². The summed E-state index contributed by atoms with van der Waals surface area (Å²) in [6, 6.07) is 7.73. The molecule has 4 heteroatoms. The van der Waals surface area contributed by atoms with Gasteiger partial charge in [0.15, 0.2) is 0 Å². The molecule has 0 unspecified atom stereocenters. The van der Waals surface area contributed by atoms with Crippen molar-refractivity contribution in [2.45, 2.75) is 13.3 Å². The number of hydrogen-bond donors (Lipinski definition) is 2. The molecule has 88 valence electrons. The smallest absolute Gasteiger partial charge is 0.128 e. The van der Waals surface area contributed by atoms with Crippen molar-refractivity contribution in [1.29, 1.82) is 0 Å². The van der Waals surface area contributed by atoms with Crippen molar-refractivity contribution in [3.05, 3.63) is 29.8 Å². The Bertz CT molecular complexity index is 327. The lowest BCUT2D eigenvalue weighted by Crippen LogP contribution is -2.11. The third-order valence-electron chi connectivity index (χ3n) is 1.90. The molecular weight excluding hydrogens is 204 g/mol. The Kier molecular flexibility index (Phi) is 6.03. The van der Waals surface area contributed by atoms with Crippen LogP contribution in [0.4, 0.5) is 0 Å². The highest BCUT2D eigenvalue weighted by Gasteiger charge is 1.98. The fourth-order valence-electron chi connectivity index (χ4n) is 1.16. The van der Waals surface area contributed by atoms with Gasteiger partial charge in [0.25, 0.3) is 0 Å². The van der Waals surface area contributed by atoms with Gasteiger partial charge >= 0.3 is 0 Å². The van der Waals surface area contributed by atoms with E-state index in [1.165, 1.54) is 0 Å². The van der Waals surface area contributed by atoms with Crippen LogP contribution in [0.1, 0.15) is 18.9 Å². The molecule has 2 N–H and O–H groups in total. The Hall–Kier alpha value is -1.55. The van der Waals surface area contributed by atoms with E-state index >= 15 is 0 Å². The van der Waals surface area contributed by atoms with E-state index in [2.05, 4.69) is 17.5 Å². The molecule has 0 heterocycles. The Morgan fingerprint density at radius 2 is 2.25 bits per heavy atom. The van der Waals surface area contributed by atoms with Crippen molar-refractivity contribution < 1.29 is 9.84 Å². The molecule has 0 atom stereocenters. The summed E-state index contributed by atoms with van der Waals surface area (Å²) in [5.41, 5.74) is 3.66. The van der Waals surface area contributed by atoms with Crippen molar-refractivity contribution in [2.24, 2.45) is 5.10 Å². The average molecular weight is 222 g/mol. The zero-order valence-corrected chi connectivity index (χ0v) is 9.52. The molecule has 0 spiro atoms. The minimum atomic E-state index is 0.0747. The van der Waals surface area contributed by atoms with Gasteiger partial charge < -0.3 is 15.3 Å². The molecule has 1 rings (SSSR count). The topological polar surface area (TPSA) is 53.8 Å². The predicted octanol–water partition coefficient (Wildman–Crippen LogP) is 1.39. The van der Waals surface area contributed by atoms with Crippen LogP contribution >= 0.6 is 0 Å². The maximum atomic E-state index is 8.57. The molecule has 1 aromatic rings.